The van der Waals surface area contributed by atoms with Crippen LogP contribution in [0.3, 0.4) is 0 Å². The largest absolute Gasteiger partial charge is 0.504 e. The van der Waals surface area contributed by atoms with Gasteiger partial charge in [-0.05, 0) is 6.07 Å². The van der Waals surface area contributed by atoms with Crippen LogP contribution in [-0.2, 0) is 33.3 Å². The molecular formula is C17H16O11. The molecule has 2 atom stereocenters. The van der Waals surface area contributed by atoms with Crippen molar-refractivity contribution in [2.24, 2.45) is 0 Å². The summed E-state index contributed by atoms with van der Waals surface area (Å²) >= 11 is 0. The Morgan fingerprint density at radius 1 is 1.04 bits per heavy atom. The molecule has 0 fully saturated rings. The Bertz CT molecular complexity index is 884. The van der Waals surface area contributed by atoms with Gasteiger partial charge in [0.15, 0.2) is 11.5 Å². The average molecular weight is 396 g/mol. The minimum atomic E-state index is -1.81. The third-order valence-electron chi connectivity index (χ3n) is 4.03. The van der Waals surface area contributed by atoms with E-state index in [1.807, 2.05) is 0 Å². The van der Waals surface area contributed by atoms with E-state index in [0.29, 0.717) is 6.08 Å². The summed E-state index contributed by atoms with van der Waals surface area (Å²) in [4.78, 5) is 48.5. The van der Waals surface area contributed by atoms with Gasteiger partial charge < -0.3 is 34.3 Å². The number of aromatic hydroxyl groups is 3. The van der Waals surface area contributed by atoms with E-state index >= 15 is 0 Å². The zero-order valence-corrected chi connectivity index (χ0v) is 14.9. The zero-order chi connectivity index (χ0) is 21.2. The summed E-state index contributed by atoms with van der Waals surface area (Å²) in [5, 5.41) is 29.8. The minimum Gasteiger partial charge on any atom is -0.504 e. The lowest BCUT2D eigenvalue weighted by Gasteiger charge is -2.32. The number of carbonyl (C=O) groups excluding carboxylic acids is 4. The summed E-state index contributed by atoms with van der Waals surface area (Å²) in [6.07, 6.45) is -1.13. The molecule has 1 heterocycles. The number of hydrogen-bond acceptors (Lipinski definition) is 11. The Balaban J connectivity index is 2.87. The van der Waals surface area contributed by atoms with Gasteiger partial charge in [-0.1, -0.05) is 0 Å². The molecule has 0 saturated carbocycles. The molecule has 11 heteroatoms. The molecule has 0 amide bonds. The molecular weight excluding hydrogens is 380 g/mol. The molecule has 28 heavy (non-hydrogen) atoms. The lowest BCUT2D eigenvalue weighted by molar-refractivity contribution is -0.152. The van der Waals surface area contributed by atoms with Crippen molar-refractivity contribution in [3.63, 3.8) is 0 Å². The minimum absolute atomic E-state index is 0.442. The second-order valence-electron chi connectivity index (χ2n) is 5.50. The molecule has 1 aliphatic rings. The van der Waals surface area contributed by atoms with E-state index in [1.165, 1.54) is 0 Å². The molecule has 150 valence electrons. The number of benzene rings is 1. The van der Waals surface area contributed by atoms with E-state index in [4.69, 9.17) is 4.74 Å². The number of esters is 4. The summed E-state index contributed by atoms with van der Waals surface area (Å²) < 4.78 is 18.6. The molecule has 1 aliphatic heterocycles. The predicted molar refractivity (Wildman–Crippen MR) is 87.5 cm³/mol. The van der Waals surface area contributed by atoms with Crippen LogP contribution in [-0.4, -0.2) is 66.6 Å². The van der Waals surface area contributed by atoms with Crippen molar-refractivity contribution >= 4 is 23.9 Å². The van der Waals surface area contributed by atoms with Crippen molar-refractivity contribution in [2.75, 3.05) is 21.3 Å². The van der Waals surface area contributed by atoms with Crippen LogP contribution in [0.25, 0.3) is 0 Å². The first-order chi connectivity index (χ1) is 13.2. The van der Waals surface area contributed by atoms with Crippen molar-refractivity contribution in [3.8, 4) is 17.2 Å². The number of phenolic OH excluding ortho intramolecular Hbond substituents is 3. The summed E-state index contributed by atoms with van der Waals surface area (Å²) in [5.74, 6) is -8.84. The maximum atomic E-state index is 12.3. The number of cyclic esters (lactones) is 1. The lowest BCUT2D eigenvalue weighted by atomic mass is 9.80. The fraction of sp³-hybridized carbons (Fsp3) is 0.294. The number of ether oxygens (including phenoxy) is 4. The summed E-state index contributed by atoms with van der Waals surface area (Å²) in [6, 6.07) is 0.778. The van der Waals surface area contributed by atoms with Crippen molar-refractivity contribution in [3.05, 3.63) is 28.8 Å². The van der Waals surface area contributed by atoms with Crippen LogP contribution in [0.15, 0.2) is 17.7 Å². The Labute approximate surface area is 157 Å². The van der Waals surface area contributed by atoms with Gasteiger partial charge in [-0.3, -0.25) is 0 Å². The predicted octanol–water partition coefficient (Wildman–Crippen LogP) is -0.129. The number of methoxy groups -OCH3 is 3. The number of hydrogen-bond donors (Lipinski definition) is 3. The highest BCUT2D eigenvalue weighted by atomic mass is 16.6. The molecule has 2 rings (SSSR count). The van der Waals surface area contributed by atoms with Gasteiger partial charge in [0, 0.05) is 11.6 Å². The van der Waals surface area contributed by atoms with E-state index < -0.39 is 69.8 Å². The topological polar surface area (TPSA) is 166 Å². The number of fused-ring (bicyclic) bond motifs is 1. The highest BCUT2D eigenvalue weighted by Crippen LogP contribution is 2.49. The molecule has 0 unspecified atom stereocenters. The monoisotopic (exact) mass is 396 g/mol. The molecule has 0 aromatic heterocycles. The second kappa shape index (κ2) is 7.86. The van der Waals surface area contributed by atoms with Gasteiger partial charge in [-0.25, -0.2) is 19.2 Å². The van der Waals surface area contributed by atoms with E-state index in [0.717, 1.165) is 27.4 Å². The molecule has 0 radical (unpaired) electrons. The van der Waals surface area contributed by atoms with E-state index in [-0.39, 0.29) is 0 Å². The lowest BCUT2D eigenvalue weighted by Crippen LogP contribution is -2.41. The average Bonchev–Trinajstić information content (AvgIpc) is 2.69. The highest BCUT2D eigenvalue weighted by molar-refractivity contribution is 6.03. The fourth-order valence-corrected chi connectivity index (χ4v) is 2.74. The molecule has 1 aromatic carbocycles. The first kappa shape index (κ1) is 20.6. The first-order valence-electron chi connectivity index (χ1n) is 7.62. The van der Waals surface area contributed by atoms with Crippen LogP contribution < -0.4 is 0 Å². The van der Waals surface area contributed by atoms with Gasteiger partial charge in [0.25, 0.3) is 0 Å². The van der Waals surface area contributed by atoms with Gasteiger partial charge in [0.1, 0.15) is 0 Å². The van der Waals surface area contributed by atoms with Crippen LogP contribution >= 0.6 is 0 Å². The first-order valence-corrected chi connectivity index (χ1v) is 7.62. The van der Waals surface area contributed by atoms with Crippen LogP contribution in [0.4, 0.5) is 0 Å². The molecule has 11 nitrogen and oxygen atoms in total. The van der Waals surface area contributed by atoms with Crippen LogP contribution in [0.2, 0.25) is 0 Å². The van der Waals surface area contributed by atoms with E-state index in [2.05, 4.69) is 14.2 Å². The number of carbonyl (C=O) groups is 4. The van der Waals surface area contributed by atoms with Crippen molar-refractivity contribution in [2.45, 2.75) is 12.0 Å². The van der Waals surface area contributed by atoms with E-state index in [1.54, 1.807) is 0 Å². The Morgan fingerprint density at radius 2 is 1.68 bits per heavy atom. The van der Waals surface area contributed by atoms with Gasteiger partial charge in [0.05, 0.1) is 38.4 Å². The SMILES string of the molecule is COC(=O)C=C(C(=O)OC)[C@H]1c2c(cc(O)c(O)c2O)C(=O)O[C@H]1C(=O)OC. The number of phenols is 3. The van der Waals surface area contributed by atoms with E-state index in [9.17, 15) is 34.5 Å². The van der Waals surface area contributed by atoms with Gasteiger partial charge >= 0.3 is 23.9 Å². The fourth-order valence-electron chi connectivity index (χ4n) is 2.74. The zero-order valence-electron chi connectivity index (χ0n) is 14.9. The summed E-state index contributed by atoms with van der Waals surface area (Å²) in [7, 11) is 3.00. The van der Waals surface area contributed by atoms with Crippen molar-refractivity contribution in [1.29, 1.82) is 0 Å². The normalized spacial score (nSPS) is 18.5. The van der Waals surface area contributed by atoms with Gasteiger partial charge in [-0.2, -0.15) is 0 Å². The molecule has 0 bridgehead atoms. The van der Waals surface area contributed by atoms with Crippen molar-refractivity contribution in [1.82, 2.24) is 0 Å². The highest BCUT2D eigenvalue weighted by Gasteiger charge is 2.47. The molecule has 3 N–H and O–H groups in total. The molecule has 0 aliphatic carbocycles. The third-order valence-corrected chi connectivity index (χ3v) is 4.03. The molecule has 0 spiro atoms. The van der Waals surface area contributed by atoms with Crippen molar-refractivity contribution < 1.29 is 53.4 Å². The smallest absolute Gasteiger partial charge is 0.348 e. The van der Waals surface area contributed by atoms with Crippen LogP contribution in [0.5, 0.6) is 17.2 Å². The summed E-state index contributed by atoms with van der Waals surface area (Å²) in [5.41, 5.74) is -1.42. The maximum Gasteiger partial charge on any atom is 0.348 e. The van der Waals surface area contributed by atoms with Gasteiger partial charge in [-0.15, -0.1) is 0 Å². The van der Waals surface area contributed by atoms with Crippen LogP contribution in [0, 0.1) is 0 Å². The number of rotatable bonds is 4. The Kier molecular flexibility index (Phi) is 5.77. The third kappa shape index (κ3) is 3.41. The maximum absolute atomic E-state index is 12.3. The second-order valence-corrected chi connectivity index (χ2v) is 5.50. The standard InChI is InChI=1S/C17H16O11/c1-25-9(19)5-7(15(22)26-2)11-10-6(4-8(18)12(20)13(10)21)16(23)28-14(11)17(24)27-3/h4-5,11,14,18,20-21H,1-3H3/t11-,14+/m0/s1. The van der Waals surface area contributed by atoms with Crippen LogP contribution in [0.1, 0.15) is 21.8 Å². The Morgan fingerprint density at radius 3 is 2.21 bits per heavy atom. The molecule has 1 aromatic rings. The quantitative estimate of drug-likeness (QED) is 0.268. The summed E-state index contributed by atoms with van der Waals surface area (Å²) in [6.45, 7) is 0. The van der Waals surface area contributed by atoms with Gasteiger partial charge in [0.2, 0.25) is 11.9 Å². The molecule has 0 saturated heterocycles. The Hall–Kier alpha value is -3.76.